The van der Waals surface area contributed by atoms with Gasteiger partial charge in [-0.25, -0.2) is 0 Å². The van der Waals surface area contributed by atoms with E-state index in [1.54, 1.807) is 12.4 Å². The van der Waals surface area contributed by atoms with Crippen LogP contribution in [0.1, 0.15) is 38.6 Å². The van der Waals surface area contributed by atoms with Gasteiger partial charge in [-0.1, -0.05) is 12.8 Å². The number of H-pyrrole nitrogens is 1. The van der Waals surface area contributed by atoms with Gasteiger partial charge >= 0.3 is 0 Å². The Balaban J connectivity index is 2.01. The van der Waals surface area contributed by atoms with Crippen LogP contribution in [-0.4, -0.2) is 19.7 Å². The predicted molar refractivity (Wildman–Crippen MR) is 77.3 cm³/mol. The van der Waals surface area contributed by atoms with Gasteiger partial charge in [0.2, 0.25) is 0 Å². The zero-order valence-electron chi connectivity index (χ0n) is 11.0. The van der Waals surface area contributed by atoms with Crippen molar-refractivity contribution in [3.8, 4) is 11.4 Å². The Kier molecular flexibility index (Phi) is 3.46. The fraction of sp³-hybridized carbons (Fsp3) is 0.500. The smallest absolute Gasteiger partial charge is 0.195 e. The molecule has 0 aliphatic heterocycles. The molecule has 0 radical (unpaired) electrons. The molecule has 1 aliphatic rings. The van der Waals surface area contributed by atoms with Crippen LogP contribution in [0.4, 0.5) is 0 Å². The topological polar surface area (TPSA) is 46.5 Å². The molecule has 2 heterocycles. The van der Waals surface area contributed by atoms with Crippen LogP contribution in [0.5, 0.6) is 0 Å². The average molecular weight is 274 g/mol. The van der Waals surface area contributed by atoms with Crippen LogP contribution in [0, 0.1) is 10.7 Å². The normalized spacial score (nSPS) is 17.7. The number of aromatic amines is 1. The number of hydrogen-bond donors (Lipinski definition) is 1. The van der Waals surface area contributed by atoms with Crippen molar-refractivity contribution in [3.63, 3.8) is 0 Å². The average Bonchev–Trinajstić information content (AvgIpc) is 3.08. The van der Waals surface area contributed by atoms with E-state index in [2.05, 4.69) is 26.7 Å². The Hall–Kier alpha value is -1.49. The van der Waals surface area contributed by atoms with Crippen molar-refractivity contribution in [2.24, 2.45) is 5.92 Å². The van der Waals surface area contributed by atoms with Crippen LogP contribution < -0.4 is 0 Å². The highest BCUT2D eigenvalue weighted by Gasteiger charge is 2.25. The van der Waals surface area contributed by atoms with Gasteiger partial charge in [-0.15, -0.1) is 0 Å². The minimum absolute atomic E-state index is 0.400. The Morgan fingerprint density at radius 3 is 2.68 bits per heavy atom. The number of nitrogens with zero attached hydrogens (tertiary/aromatic N) is 3. The lowest BCUT2D eigenvalue weighted by atomic mass is 9.99. The molecule has 4 nitrogen and oxygen atoms in total. The summed E-state index contributed by atoms with van der Waals surface area (Å²) in [6, 6.07) is 4.35. The molecule has 1 fully saturated rings. The first-order valence-corrected chi connectivity index (χ1v) is 7.25. The number of rotatable bonds is 3. The minimum Gasteiger partial charge on any atom is -0.297 e. The molecular weight excluding hydrogens is 256 g/mol. The van der Waals surface area contributed by atoms with Crippen molar-refractivity contribution in [1.82, 2.24) is 19.7 Å². The quantitative estimate of drug-likeness (QED) is 0.867. The molecule has 100 valence electrons. The van der Waals surface area contributed by atoms with Gasteiger partial charge in [-0.3, -0.25) is 14.6 Å². The molecule has 19 heavy (non-hydrogen) atoms. The molecular formula is C14H18N4S. The van der Waals surface area contributed by atoms with Crippen LogP contribution in [0.25, 0.3) is 11.4 Å². The van der Waals surface area contributed by atoms with Crippen LogP contribution >= 0.6 is 12.2 Å². The van der Waals surface area contributed by atoms with Gasteiger partial charge in [0.25, 0.3) is 0 Å². The van der Waals surface area contributed by atoms with E-state index >= 15 is 0 Å². The first kappa shape index (κ1) is 12.5. The third-order valence-electron chi connectivity index (χ3n) is 4.13. The van der Waals surface area contributed by atoms with Crippen LogP contribution in [0.15, 0.2) is 24.5 Å². The Labute approximate surface area is 117 Å². The maximum atomic E-state index is 5.41. The second kappa shape index (κ2) is 5.25. The summed E-state index contributed by atoms with van der Waals surface area (Å²) < 4.78 is 2.88. The van der Waals surface area contributed by atoms with E-state index in [1.807, 2.05) is 12.1 Å². The SMILES string of the molecule is CC(C1CCCC1)n1c(-c2ccncc2)n[nH]c1=S. The van der Waals surface area contributed by atoms with E-state index in [0.29, 0.717) is 16.7 Å². The largest absolute Gasteiger partial charge is 0.297 e. The third kappa shape index (κ3) is 2.34. The first-order chi connectivity index (χ1) is 9.27. The second-order valence-corrected chi connectivity index (χ2v) is 5.63. The fourth-order valence-electron chi connectivity index (χ4n) is 3.04. The molecule has 0 saturated heterocycles. The fourth-order valence-corrected chi connectivity index (χ4v) is 3.34. The molecule has 1 N–H and O–H groups in total. The van der Waals surface area contributed by atoms with Gasteiger partial charge in [-0.2, -0.15) is 5.10 Å². The number of aromatic nitrogens is 4. The van der Waals surface area contributed by atoms with Crippen molar-refractivity contribution >= 4 is 12.2 Å². The highest BCUT2D eigenvalue weighted by molar-refractivity contribution is 7.71. The molecule has 1 saturated carbocycles. The summed E-state index contributed by atoms with van der Waals surface area (Å²) >= 11 is 5.41. The van der Waals surface area contributed by atoms with E-state index in [9.17, 15) is 0 Å². The zero-order valence-corrected chi connectivity index (χ0v) is 11.9. The summed E-state index contributed by atoms with van der Waals surface area (Å²) in [5, 5.41) is 7.33. The summed E-state index contributed by atoms with van der Waals surface area (Å²) in [5.74, 6) is 1.64. The van der Waals surface area contributed by atoms with Gasteiger partial charge in [-0.05, 0) is 50.0 Å². The molecule has 1 atom stereocenters. The van der Waals surface area contributed by atoms with Crippen molar-refractivity contribution in [3.05, 3.63) is 29.3 Å². The van der Waals surface area contributed by atoms with E-state index in [1.165, 1.54) is 25.7 Å². The van der Waals surface area contributed by atoms with E-state index in [4.69, 9.17) is 12.2 Å². The summed E-state index contributed by atoms with van der Waals surface area (Å²) in [4.78, 5) is 4.06. The van der Waals surface area contributed by atoms with E-state index in [0.717, 1.165) is 11.4 Å². The molecule has 3 rings (SSSR count). The van der Waals surface area contributed by atoms with Crippen molar-refractivity contribution in [2.75, 3.05) is 0 Å². The molecule has 2 aromatic heterocycles. The first-order valence-electron chi connectivity index (χ1n) is 6.84. The van der Waals surface area contributed by atoms with E-state index in [-0.39, 0.29) is 0 Å². The van der Waals surface area contributed by atoms with Gasteiger partial charge < -0.3 is 0 Å². The van der Waals surface area contributed by atoms with Gasteiger partial charge in [0.15, 0.2) is 10.6 Å². The third-order valence-corrected chi connectivity index (χ3v) is 4.42. The maximum Gasteiger partial charge on any atom is 0.195 e. The standard InChI is InChI=1S/C14H18N4S/c1-10(11-4-2-3-5-11)18-13(16-17-14(18)19)12-6-8-15-9-7-12/h6-11H,2-5H2,1H3,(H,17,19). The molecule has 0 amide bonds. The summed E-state index contributed by atoms with van der Waals surface area (Å²) in [7, 11) is 0. The number of hydrogen-bond acceptors (Lipinski definition) is 3. The van der Waals surface area contributed by atoms with Crippen molar-refractivity contribution in [2.45, 2.75) is 38.6 Å². The summed E-state index contributed by atoms with van der Waals surface area (Å²) in [5.41, 5.74) is 1.06. The Bertz CT molecular complexity index is 595. The van der Waals surface area contributed by atoms with Crippen molar-refractivity contribution < 1.29 is 0 Å². The van der Waals surface area contributed by atoms with Crippen LogP contribution in [0.2, 0.25) is 0 Å². The lowest BCUT2D eigenvalue weighted by Gasteiger charge is -2.21. The van der Waals surface area contributed by atoms with Crippen LogP contribution in [0.3, 0.4) is 0 Å². The zero-order chi connectivity index (χ0) is 13.2. The lowest BCUT2D eigenvalue weighted by molar-refractivity contribution is 0.360. The van der Waals surface area contributed by atoms with Gasteiger partial charge in [0.1, 0.15) is 0 Å². The van der Waals surface area contributed by atoms with E-state index < -0.39 is 0 Å². The molecule has 0 bridgehead atoms. The molecule has 1 aliphatic carbocycles. The van der Waals surface area contributed by atoms with Crippen molar-refractivity contribution in [1.29, 1.82) is 0 Å². The predicted octanol–water partition coefficient (Wildman–Crippen LogP) is 3.75. The lowest BCUT2D eigenvalue weighted by Crippen LogP contribution is -2.15. The molecule has 1 unspecified atom stereocenters. The maximum absolute atomic E-state index is 5.41. The van der Waals surface area contributed by atoms with Gasteiger partial charge in [0, 0.05) is 24.0 Å². The molecule has 5 heteroatoms. The van der Waals surface area contributed by atoms with Gasteiger partial charge in [0.05, 0.1) is 0 Å². The minimum atomic E-state index is 0.400. The highest BCUT2D eigenvalue weighted by Crippen LogP contribution is 2.35. The summed E-state index contributed by atoms with van der Waals surface area (Å²) in [6.45, 7) is 2.26. The molecule has 0 aromatic carbocycles. The monoisotopic (exact) mass is 274 g/mol. The summed E-state index contributed by atoms with van der Waals surface area (Å²) in [6.07, 6.45) is 8.85. The highest BCUT2D eigenvalue weighted by atomic mass is 32.1. The Morgan fingerprint density at radius 2 is 2.00 bits per heavy atom. The Morgan fingerprint density at radius 1 is 1.32 bits per heavy atom. The van der Waals surface area contributed by atoms with Crippen LogP contribution in [-0.2, 0) is 0 Å². The second-order valence-electron chi connectivity index (χ2n) is 5.24. The number of pyridine rings is 1. The number of nitrogens with one attached hydrogen (secondary N) is 1. The molecule has 0 spiro atoms. The molecule has 2 aromatic rings.